The molecule has 2 rings (SSSR count). The van der Waals surface area contributed by atoms with Crippen molar-refractivity contribution in [2.45, 2.75) is 13.8 Å². The number of nitrogens with one attached hydrogen (secondary N) is 1. The SMILES string of the molecule is Cc1cccc(C)c1C(=O)Nc1cccc(F)c1C(N)=S. The fraction of sp³-hybridized carbons (Fsp3) is 0.125. The van der Waals surface area contributed by atoms with Gasteiger partial charge in [-0.25, -0.2) is 4.39 Å². The summed E-state index contributed by atoms with van der Waals surface area (Å²) in [4.78, 5) is 12.3. The molecule has 2 aromatic rings. The maximum Gasteiger partial charge on any atom is 0.256 e. The monoisotopic (exact) mass is 302 g/mol. The minimum Gasteiger partial charge on any atom is -0.389 e. The zero-order chi connectivity index (χ0) is 15.6. The zero-order valence-corrected chi connectivity index (χ0v) is 12.6. The number of carbonyl (C=O) groups excluding carboxylic acids is 1. The Morgan fingerprint density at radius 3 is 2.24 bits per heavy atom. The third-order valence-electron chi connectivity index (χ3n) is 3.22. The number of benzene rings is 2. The van der Waals surface area contributed by atoms with E-state index in [1.54, 1.807) is 6.07 Å². The second kappa shape index (κ2) is 6.01. The Bertz CT molecular complexity index is 708. The fourth-order valence-corrected chi connectivity index (χ4v) is 2.44. The third kappa shape index (κ3) is 3.08. The first-order valence-corrected chi connectivity index (χ1v) is 6.78. The van der Waals surface area contributed by atoms with Crippen LogP contribution in [0.3, 0.4) is 0 Å². The maximum atomic E-state index is 13.8. The van der Waals surface area contributed by atoms with Crippen LogP contribution in [0, 0.1) is 19.7 Å². The van der Waals surface area contributed by atoms with Gasteiger partial charge < -0.3 is 11.1 Å². The molecule has 0 spiro atoms. The second-order valence-corrected chi connectivity index (χ2v) is 5.19. The van der Waals surface area contributed by atoms with Crippen LogP contribution in [0.15, 0.2) is 36.4 Å². The lowest BCUT2D eigenvalue weighted by molar-refractivity contribution is 0.102. The molecular formula is C16H15FN2OS. The van der Waals surface area contributed by atoms with Gasteiger partial charge in [0.15, 0.2) is 0 Å². The van der Waals surface area contributed by atoms with E-state index in [9.17, 15) is 9.18 Å². The lowest BCUT2D eigenvalue weighted by atomic mass is 10.0. The van der Waals surface area contributed by atoms with Gasteiger partial charge in [-0.15, -0.1) is 0 Å². The largest absolute Gasteiger partial charge is 0.389 e. The van der Waals surface area contributed by atoms with Crippen LogP contribution in [-0.4, -0.2) is 10.9 Å². The van der Waals surface area contributed by atoms with Gasteiger partial charge in [0.2, 0.25) is 0 Å². The summed E-state index contributed by atoms with van der Waals surface area (Å²) in [5.41, 5.74) is 8.11. The van der Waals surface area contributed by atoms with Crippen LogP contribution in [-0.2, 0) is 0 Å². The quantitative estimate of drug-likeness (QED) is 0.855. The number of carbonyl (C=O) groups is 1. The molecule has 0 saturated carbocycles. The summed E-state index contributed by atoms with van der Waals surface area (Å²) in [5, 5.41) is 2.68. The Labute approximate surface area is 128 Å². The molecule has 0 bridgehead atoms. The van der Waals surface area contributed by atoms with Crippen LogP contribution in [0.5, 0.6) is 0 Å². The van der Waals surface area contributed by atoms with Gasteiger partial charge in [-0.2, -0.15) is 0 Å². The van der Waals surface area contributed by atoms with Gasteiger partial charge in [-0.1, -0.05) is 36.5 Å². The topological polar surface area (TPSA) is 55.1 Å². The Balaban J connectivity index is 2.42. The van der Waals surface area contributed by atoms with Crippen LogP contribution < -0.4 is 11.1 Å². The number of halogens is 1. The molecule has 0 fully saturated rings. The number of hydrogen-bond acceptors (Lipinski definition) is 2. The molecule has 0 saturated heterocycles. The van der Waals surface area contributed by atoms with Gasteiger partial charge in [-0.05, 0) is 37.1 Å². The molecule has 0 atom stereocenters. The van der Waals surface area contributed by atoms with E-state index in [-0.39, 0.29) is 22.1 Å². The van der Waals surface area contributed by atoms with Crippen molar-refractivity contribution in [1.82, 2.24) is 0 Å². The number of thiocarbonyl (C=S) groups is 1. The van der Waals surface area contributed by atoms with Crippen molar-refractivity contribution in [1.29, 1.82) is 0 Å². The van der Waals surface area contributed by atoms with Crippen LogP contribution in [0.25, 0.3) is 0 Å². The summed E-state index contributed by atoms with van der Waals surface area (Å²) in [6.45, 7) is 3.70. The molecule has 2 aromatic carbocycles. The first kappa shape index (κ1) is 15.1. The summed E-state index contributed by atoms with van der Waals surface area (Å²) < 4.78 is 13.8. The van der Waals surface area contributed by atoms with Crippen LogP contribution >= 0.6 is 12.2 Å². The Morgan fingerprint density at radius 1 is 1.10 bits per heavy atom. The number of rotatable bonds is 3. The number of aryl methyl sites for hydroxylation is 2. The molecule has 0 unspecified atom stereocenters. The van der Waals surface area contributed by atoms with E-state index in [1.165, 1.54) is 12.1 Å². The highest BCUT2D eigenvalue weighted by Gasteiger charge is 2.16. The van der Waals surface area contributed by atoms with Gasteiger partial charge in [0, 0.05) is 5.56 Å². The average Bonchev–Trinajstić information content (AvgIpc) is 2.37. The summed E-state index contributed by atoms with van der Waals surface area (Å²) >= 11 is 4.84. The highest BCUT2D eigenvalue weighted by Crippen LogP contribution is 2.21. The molecule has 5 heteroatoms. The normalized spacial score (nSPS) is 10.2. The van der Waals surface area contributed by atoms with Gasteiger partial charge in [0.25, 0.3) is 5.91 Å². The Morgan fingerprint density at radius 2 is 1.67 bits per heavy atom. The van der Waals surface area contributed by atoms with Crippen molar-refractivity contribution in [3.8, 4) is 0 Å². The number of amides is 1. The van der Waals surface area contributed by atoms with Crippen molar-refractivity contribution in [2.24, 2.45) is 5.73 Å². The number of hydrogen-bond donors (Lipinski definition) is 2. The zero-order valence-electron chi connectivity index (χ0n) is 11.7. The minimum atomic E-state index is -0.554. The summed E-state index contributed by atoms with van der Waals surface area (Å²) in [5.74, 6) is -0.865. The lowest BCUT2D eigenvalue weighted by Crippen LogP contribution is -2.20. The molecule has 21 heavy (non-hydrogen) atoms. The minimum absolute atomic E-state index is 0.0482. The van der Waals surface area contributed by atoms with Gasteiger partial charge >= 0.3 is 0 Å². The molecule has 3 N–H and O–H groups in total. The van der Waals surface area contributed by atoms with E-state index in [1.807, 2.05) is 32.0 Å². The van der Waals surface area contributed by atoms with E-state index in [0.717, 1.165) is 11.1 Å². The highest BCUT2D eigenvalue weighted by atomic mass is 32.1. The number of anilines is 1. The van der Waals surface area contributed by atoms with E-state index in [2.05, 4.69) is 5.32 Å². The van der Waals surface area contributed by atoms with Crippen molar-refractivity contribution in [3.63, 3.8) is 0 Å². The summed E-state index contributed by atoms with van der Waals surface area (Å²) in [6.07, 6.45) is 0. The van der Waals surface area contributed by atoms with E-state index < -0.39 is 5.82 Å². The van der Waals surface area contributed by atoms with Crippen LogP contribution in [0.2, 0.25) is 0 Å². The van der Waals surface area contributed by atoms with Crippen molar-refractivity contribution >= 4 is 28.8 Å². The number of nitrogens with two attached hydrogens (primary N) is 1. The molecule has 0 aromatic heterocycles. The predicted octanol–water partition coefficient (Wildman–Crippen LogP) is 3.33. The smallest absolute Gasteiger partial charge is 0.256 e. The standard InChI is InChI=1S/C16H15FN2OS/c1-9-5-3-6-10(2)13(9)16(20)19-12-8-4-7-11(17)14(12)15(18)21/h3-8H,1-2H3,(H2,18,21)(H,19,20). The summed E-state index contributed by atoms with van der Waals surface area (Å²) in [7, 11) is 0. The Kier molecular flexibility index (Phi) is 4.33. The van der Waals surface area contributed by atoms with E-state index in [4.69, 9.17) is 18.0 Å². The molecule has 0 radical (unpaired) electrons. The van der Waals surface area contributed by atoms with E-state index in [0.29, 0.717) is 5.56 Å². The lowest BCUT2D eigenvalue weighted by Gasteiger charge is -2.13. The van der Waals surface area contributed by atoms with Crippen molar-refractivity contribution < 1.29 is 9.18 Å². The van der Waals surface area contributed by atoms with Gasteiger partial charge in [0.05, 0.1) is 11.3 Å². The van der Waals surface area contributed by atoms with Crippen molar-refractivity contribution in [3.05, 3.63) is 64.5 Å². The second-order valence-electron chi connectivity index (χ2n) is 4.75. The van der Waals surface area contributed by atoms with E-state index >= 15 is 0 Å². The van der Waals surface area contributed by atoms with Crippen molar-refractivity contribution in [2.75, 3.05) is 5.32 Å². The molecule has 0 aliphatic carbocycles. The van der Waals surface area contributed by atoms with Crippen LogP contribution in [0.4, 0.5) is 10.1 Å². The molecule has 0 heterocycles. The third-order valence-corrected chi connectivity index (χ3v) is 3.42. The summed E-state index contributed by atoms with van der Waals surface area (Å²) in [6, 6.07) is 9.90. The Hall–Kier alpha value is -2.27. The first-order chi connectivity index (χ1) is 9.91. The molecule has 3 nitrogen and oxygen atoms in total. The average molecular weight is 302 g/mol. The maximum absolute atomic E-state index is 13.8. The highest BCUT2D eigenvalue weighted by molar-refractivity contribution is 7.80. The fourth-order valence-electron chi connectivity index (χ4n) is 2.24. The predicted molar refractivity (Wildman–Crippen MR) is 86.2 cm³/mol. The van der Waals surface area contributed by atoms with Crippen LogP contribution in [0.1, 0.15) is 27.0 Å². The van der Waals surface area contributed by atoms with Gasteiger partial charge in [0.1, 0.15) is 10.8 Å². The van der Waals surface area contributed by atoms with Gasteiger partial charge in [-0.3, -0.25) is 4.79 Å². The molecule has 1 amide bonds. The molecule has 108 valence electrons. The molecule has 0 aliphatic rings. The molecule has 0 aliphatic heterocycles. The molecular weight excluding hydrogens is 287 g/mol. The first-order valence-electron chi connectivity index (χ1n) is 6.37.